The van der Waals surface area contributed by atoms with Crippen molar-refractivity contribution in [1.29, 1.82) is 0 Å². The van der Waals surface area contributed by atoms with Crippen molar-refractivity contribution in [2.45, 2.75) is 19.6 Å². The predicted molar refractivity (Wildman–Crippen MR) is 108 cm³/mol. The molecule has 0 spiro atoms. The molecule has 0 aliphatic rings. The summed E-state index contributed by atoms with van der Waals surface area (Å²) in [6, 6.07) is 24.9. The van der Waals surface area contributed by atoms with E-state index in [4.69, 9.17) is 14.2 Å². The van der Waals surface area contributed by atoms with Crippen LogP contribution >= 0.6 is 0 Å². The standard InChI is InChI=1S/C23H23NO4/c1-18(24-17-25)15-26-20-7-11-22(12-8-20)28-23-13-9-21(10-14-23)27-16-19-5-3-2-4-6-19/h2-14,17-18H,15-16H2,1H3,(H,24,25). The molecule has 0 aliphatic heterocycles. The Hall–Kier alpha value is -3.47. The molecule has 144 valence electrons. The fourth-order valence-electron chi connectivity index (χ4n) is 2.47. The van der Waals surface area contributed by atoms with Crippen LogP contribution in [0.5, 0.6) is 23.0 Å². The van der Waals surface area contributed by atoms with E-state index in [2.05, 4.69) is 5.32 Å². The van der Waals surface area contributed by atoms with Gasteiger partial charge in [-0.2, -0.15) is 0 Å². The van der Waals surface area contributed by atoms with Gasteiger partial charge in [-0.25, -0.2) is 0 Å². The molecule has 1 N–H and O–H groups in total. The quantitative estimate of drug-likeness (QED) is 0.526. The van der Waals surface area contributed by atoms with E-state index in [9.17, 15) is 4.79 Å². The maximum absolute atomic E-state index is 10.4. The first-order valence-electron chi connectivity index (χ1n) is 9.10. The molecular weight excluding hydrogens is 354 g/mol. The molecule has 1 unspecified atom stereocenters. The van der Waals surface area contributed by atoms with Crippen LogP contribution in [0, 0.1) is 0 Å². The van der Waals surface area contributed by atoms with E-state index in [1.54, 1.807) is 0 Å². The SMILES string of the molecule is CC(COc1ccc(Oc2ccc(OCc3ccccc3)cc2)cc1)NC=O. The van der Waals surface area contributed by atoms with Crippen LogP contribution in [0.2, 0.25) is 0 Å². The number of rotatable bonds is 10. The molecule has 0 radical (unpaired) electrons. The number of nitrogens with one attached hydrogen (secondary N) is 1. The van der Waals surface area contributed by atoms with Crippen molar-refractivity contribution < 1.29 is 19.0 Å². The summed E-state index contributed by atoms with van der Waals surface area (Å²) in [5.74, 6) is 2.95. The second kappa shape index (κ2) is 10.0. The highest BCUT2D eigenvalue weighted by atomic mass is 16.5. The molecule has 1 amide bonds. The number of benzene rings is 3. The monoisotopic (exact) mass is 377 g/mol. The first-order chi connectivity index (χ1) is 13.7. The zero-order chi connectivity index (χ0) is 19.6. The normalized spacial score (nSPS) is 11.3. The van der Waals surface area contributed by atoms with Gasteiger partial charge in [-0.05, 0) is 61.0 Å². The third-order valence-electron chi connectivity index (χ3n) is 3.98. The van der Waals surface area contributed by atoms with Crippen molar-refractivity contribution in [3.05, 3.63) is 84.4 Å². The third-order valence-corrected chi connectivity index (χ3v) is 3.98. The molecule has 28 heavy (non-hydrogen) atoms. The van der Waals surface area contributed by atoms with Crippen LogP contribution in [0.3, 0.4) is 0 Å². The number of amides is 1. The van der Waals surface area contributed by atoms with E-state index >= 15 is 0 Å². The number of carbonyl (C=O) groups is 1. The van der Waals surface area contributed by atoms with Crippen molar-refractivity contribution >= 4 is 6.41 Å². The van der Waals surface area contributed by atoms with E-state index in [0.29, 0.717) is 25.4 Å². The van der Waals surface area contributed by atoms with Crippen LogP contribution in [0.4, 0.5) is 0 Å². The number of hydrogen-bond donors (Lipinski definition) is 1. The molecule has 3 aromatic carbocycles. The van der Waals surface area contributed by atoms with Crippen molar-refractivity contribution in [3.63, 3.8) is 0 Å². The molecule has 5 heteroatoms. The molecule has 1 atom stereocenters. The largest absolute Gasteiger partial charge is 0.491 e. The van der Waals surface area contributed by atoms with E-state index in [1.165, 1.54) is 0 Å². The minimum absolute atomic E-state index is 0.0453. The smallest absolute Gasteiger partial charge is 0.207 e. The van der Waals surface area contributed by atoms with Gasteiger partial charge in [-0.1, -0.05) is 30.3 Å². The molecule has 0 aromatic heterocycles. The summed E-state index contributed by atoms with van der Waals surface area (Å²) in [5.41, 5.74) is 1.13. The Kier molecular flexibility index (Phi) is 6.90. The molecule has 0 aliphatic carbocycles. The average Bonchev–Trinajstić information content (AvgIpc) is 2.74. The highest BCUT2D eigenvalue weighted by molar-refractivity contribution is 5.46. The molecule has 0 saturated heterocycles. The molecule has 3 aromatic rings. The van der Waals surface area contributed by atoms with Crippen LogP contribution < -0.4 is 19.5 Å². The van der Waals surface area contributed by atoms with Crippen LogP contribution in [0.1, 0.15) is 12.5 Å². The lowest BCUT2D eigenvalue weighted by molar-refractivity contribution is -0.110. The zero-order valence-corrected chi connectivity index (χ0v) is 15.7. The minimum atomic E-state index is -0.0453. The summed E-state index contributed by atoms with van der Waals surface area (Å²) in [7, 11) is 0. The summed E-state index contributed by atoms with van der Waals surface area (Å²) in [6.07, 6.45) is 0.670. The summed E-state index contributed by atoms with van der Waals surface area (Å²) in [5, 5.41) is 2.64. The van der Waals surface area contributed by atoms with Gasteiger partial charge in [0.15, 0.2) is 0 Å². The second-order valence-electron chi connectivity index (χ2n) is 6.32. The van der Waals surface area contributed by atoms with Crippen LogP contribution in [-0.4, -0.2) is 19.1 Å². The topological polar surface area (TPSA) is 56.8 Å². The van der Waals surface area contributed by atoms with E-state index in [-0.39, 0.29) is 6.04 Å². The maximum Gasteiger partial charge on any atom is 0.207 e. The van der Waals surface area contributed by atoms with Gasteiger partial charge in [0, 0.05) is 0 Å². The first kappa shape index (κ1) is 19.3. The molecule has 0 fully saturated rings. The van der Waals surface area contributed by atoms with Crippen molar-refractivity contribution in [3.8, 4) is 23.0 Å². The summed E-state index contributed by atoms with van der Waals surface area (Å²) < 4.78 is 17.2. The summed E-state index contributed by atoms with van der Waals surface area (Å²) >= 11 is 0. The maximum atomic E-state index is 10.4. The lowest BCUT2D eigenvalue weighted by Crippen LogP contribution is -2.30. The summed E-state index contributed by atoms with van der Waals surface area (Å²) in [4.78, 5) is 10.4. The average molecular weight is 377 g/mol. The summed E-state index contributed by atoms with van der Waals surface area (Å²) in [6.45, 7) is 2.81. The van der Waals surface area contributed by atoms with Gasteiger partial charge in [0.25, 0.3) is 0 Å². The Bertz CT molecular complexity index is 848. The van der Waals surface area contributed by atoms with Crippen molar-refractivity contribution in [2.24, 2.45) is 0 Å². The molecule has 0 heterocycles. The van der Waals surface area contributed by atoms with Crippen molar-refractivity contribution in [2.75, 3.05) is 6.61 Å². The van der Waals surface area contributed by atoms with Gasteiger partial charge in [0.1, 0.15) is 36.2 Å². The third kappa shape index (κ3) is 6.06. The Morgan fingerprint density at radius 3 is 1.89 bits per heavy atom. The fourth-order valence-corrected chi connectivity index (χ4v) is 2.47. The van der Waals surface area contributed by atoms with Gasteiger partial charge < -0.3 is 19.5 Å². The van der Waals surface area contributed by atoms with Crippen molar-refractivity contribution in [1.82, 2.24) is 5.32 Å². The molecule has 0 bridgehead atoms. The van der Waals surface area contributed by atoms with E-state index in [0.717, 1.165) is 22.8 Å². The zero-order valence-electron chi connectivity index (χ0n) is 15.7. The lowest BCUT2D eigenvalue weighted by atomic mass is 10.2. The van der Waals surface area contributed by atoms with E-state index < -0.39 is 0 Å². The number of ether oxygens (including phenoxy) is 3. The Balaban J connectivity index is 1.49. The van der Waals surface area contributed by atoms with Crippen LogP contribution in [-0.2, 0) is 11.4 Å². The van der Waals surface area contributed by atoms with Gasteiger partial charge in [0.2, 0.25) is 6.41 Å². The predicted octanol–water partition coefficient (Wildman–Crippen LogP) is 4.57. The fraction of sp³-hybridized carbons (Fsp3) is 0.174. The minimum Gasteiger partial charge on any atom is -0.491 e. The van der Waals surface area contributed by atoms with Gasteiger partial charge in [-0.15, -0.1) is 0 Å². The van der Waals surface area contributed by atoms with Crippen LogP contribution in [0.15, 0.2) is 78.9 Å². The highest BCUT2D eigenvalue weighted by Crippen LogP contribution is 2.26. The van der Waals surface area contributed by atoms with E-state index in [1.807, 2.05) is 85.8 Å². The second-order valence-corrected chi connectivity index (χ2v) is 6.32. The molecular formula is C23H23NO4. The first-order valence-corrected chi connectivity index (χ1v) is 9.10. The molecule has 0 saturated carbocycles. The Morgan fingerprint density at radius 2 is 1.32 bits per heavy atom. The lowest BCUT2D eigenvalue weighted by Gasteiger charge is -2.12. The van der Waals surface area contributed by atoms with Gasteiger partial charge >= 0.3 is 0 Å². The number of carbonyl (C=O) groups excluding carboxylic acids is 1. The molecule has 5 nitrogen and oxygen atoms in total. The molecule has 3 rings (SSSR count). The number of hydrogen-bond acceptors (Lipinski definition) is 4. The van der Waals surface area contributed by atoms with Gasteiger partial charge in [-0.3, -0.25) is 4.79 Å². The highest BCUT2D eigenvalue weighted by Gasteiger charge is 2.03. The van der Waals surface area contributed by atoms with Crippen LogP contribution in [0.25, 0.3) is 0 Å². The van der Waals surface area contributed by atoms with Gasteiger partial charge in [0.05, 0.1) is 6.04 Å². The Morgan fingerprint density at radius 1 is 0.786 bits per heavy atom. The Labute approximate surface area is 164 Å².